The second-order valence-electron chi connectivity index (χ2n) is 16.6. The highest BCUT2D eigenvalue weighted by Gasteiger charge is 2.50. The van der Waals surface area contributed by atoms with Gasteiger partial charge in [0.1, 0.15) is 23.4 Å². The van der Waals surface area contributed by atoms with Gasteiger partial charge in [-0.3, -0.25) is 34.5 Å². The Morgan fingerprint density at radius 3 is 2.39 bits per heavy atom. The van der Waals surface area contributed by atoms with Crippen LogP contribution in [0.4, 0.5) is 11.4 Å². The number of sulfonamides is 1. The molecule has 3 aliphatic rings. The van der Waals surface area contributed by atoms with E-state index in [0.29, 0.717) is 55.6 Å². The number of benzene rings is 3. The fourth-order valence-electron chi connectivity index (χ4n) is 8.30. The number of anilines is 1. The van der Waals surface area contributed by atoms with Crippen LogP contribution in [0.15, 0.2) is 64.5 Å². The number of ether oxygens (including phenoxy) is 1. The van der Waals surface area contributed by atoms with E-state index < -0.39 is 44.3 Å². The summed E-state index contributed by atoms with van der Waals surface area (Å²) >= 11 is 0. The van der Waals surface area contributed by atoms with Gasteiger partial charge in [-0.25, -0.2) is 18.1 Å². The van der Waals surface area contributed by atoms with Crippen molar-refractivity contribution in [3.05, 3.63) is 92.5 Å². The van der Waals surface area contributed by atoms with Crippen LogP contribution < -0.4 is 25.8 Å². The first-order valence-electron chi connectivity index (χ1n) is 19.9. The molecular weight excluding hydrogens is 777 g/mol. The number of carbonyl (C=O) groups is 3. The third kappa shape index (κ3) is 9.36. The van der Waals surface area contributed by atoms with E-state index in [9.17, 15) is 32.9 Å². The lowest BCUT2D eigenvalue weighted by Gasteiger charge is -2.44. The summed E-state index contributed by atoms with van der Waals surface area (Å²) in [6, 6.07) is 13.1. The second-order valence-corrected chi connectivity index (χ2v) is 18.2. The Labute approximate surface area is 345 Å². The molecule has 16 nitrogen and oxygen atoms in total. The van der Waals surface area contributed by atoms with E-state index in [2.05, 4.69) is 20.3 Å². The number of carbonyl (C=O) groups excluding carboxylic acids is 3. The number of nitrogens with one attached hydrogen (secondary N) is 3. The number of nitro benzene ring substituents is 1. The normalized spacial score (nSPS) is 20.8. The van der Waals surface area contributed by atoms with Crippen molar-refractivity contribution in [2.24, 2.45) is 16.1 Å². The van der Waals surface area contributed by atoms with Crippen LogP contribution in [0.5, 0.6) is 5.75 Å². The molecule has 59 heavy (non-hydrogen) atoms. The number of nitrogens with zero attached hydrogens (tertiary/aromatic N) is 4. The molecule has 0 saturated carbocycles. The summed E-state index contributed by atoms with van der Waals surface area (Å²) in [5.41, 5.74) is 8.91. The maximum Gasteiger partial charge on any atom is 0.269 e. The number of non-ortho nitro benzene ring substituents is 1. The number of hydrogen-bond acceptors (Lipinski definition) is 10. The molecule has 3 atom stereocenters. The monoisotopic (exact) mass is 830 g/mol. The Morgan fingerprint density at radius 2 is 1.71 bits per heavy atom. The highest BCUT2D eigenvalue weighted by Crippen LogP contribution is 2.42. The minimum atomic E-state index is -4.14. The van der Waals surface area contributed by atoms with Gasteiger partial charge in [0, 0.05) is 37.5 Å². The zero-order chi connectivity index (χ0) is 42.9. The van der Waals surface area contributed by atoms with Crippen molar-refractivity contribution in [1.29, 1.82) is 0 Å². The topological polar surface area (TPSA) is 219 Å². The largest absolute Gasteiger partial charge is 0.487 e. The first-order chi connectivity index (χ1) is 27.8. The summed E-state index contributed by atoms with van der Waals surface area (Å²) in [5.74, 6) is -0.854. The van der Waals surface area contributed by atoms with Crippen LogP contribution in [0.3, 0.4) is 0 Å². The van der Waals surface area contributed by atoms with E-state index in [0.717, 1.165) is 23.1 Å². The van der Waals surface area contributed by atoms with Gasteiger partial charge in [-0.1, -0.05) is 37.3 Å². The van der Waals surface area contributed by atoms with Gasteiger partial charge >= 0.3 is 0 Å². The molecular formula is C42H54N8O8S. The van der Waals surface area contributed by atoms with E-state index in [1.807, 2.05) is 63.0 Å². The van der Waals surface area contributed by atoms with E-state index >= 15 is 0 Å². The van der Waals surface area contributed by atoms with Crippen LogP contribution in [-0.2, 0) is 37.2 Å². The van der Waals surface area contributed by atoms with E-state index in [-0.39, 0.29) is 53.1 Å². The standard InChI is InChI=1S/C42H54N8O8S/c1-26-27(2)36(28(3)32-18-20-41(4,5)58-35(26)32)59(56,57)47-40(43)44-22-10-13-33(37(51)45-30-14-16-31(17-15-30)50(54)55)46-38(52)34-19-23-48-24-21-42(6,39(53)49(34)48)25-29-11-8-7-9-12-29/h7-9,11-12,14-17,33-34H,10,13,18-25H2,1-6H3,(H,45,51)(H,46,52)(H3,43,44,47)/t33-,34-,42-/m0/s1. The lowest BCUT2D eigenvalue weighted by atomic mass is 9.78. The predicted octanol–water partition coefficient (Wildman–Crippen LogP) is 4.59. The van der Waals surface area contributed by atoms with Gasteiger partial charge in [-0.2, -0.15) is 0 Å². The van der Waals surface area contributed by atoms with E-state index in [4.69, 9.17) is 10.5 Å². The van der Waals surface area contributed by atoms with Crippen LogP contribution in [-0.4, -0.2) is 84.4 Å². The van der Waals surface area contributed by atoms with Gasteiger partial charge in [-0.05, 0) is 120 Å². The first-order valence-corrected chi connectivity index (χ1v) is 21.4. The number of hydrogen-bond donors (Lipinski definition) is 4. The number of nitro groups is 1. The number of hydrazine groups is 1. The lowest BCUT2D eigenvalue weighted by Crippen LogP contribution is -2.61. The number of fused-ring (bicyclic) bond motifs is 2. The minimum absolute atomic E-state index is 0.00922. The summed E-state index contributed by atoms with van der Waals surface area (Å²) in [5, 5.41) is 20.2. The Morgan fingerprint density at radius 1 is 1.02 bits per heavy atom. The minimum Gasteiger partial charge on any atom is -0.487 e. The Kier molecular flexibility index (Phi) is 12.4. The smallest absolute Gasteiger partial charge is 0.269 e. The highest BCUT2D eigenvalue weighted by molar-refractivity contribution is 7.90. The van der Waals surface area contributed by atoms with Crippen molar-refractivity contribution in [3.8, 4) is 5.75 Å². The molecule has 3 aromatic rings. The second kappa shape index (κ2) is 17.0. The Balaban J connectivity index is 1.15. The molecule has 5 N–H and O–H groups in total. The molecule has 0 aliphatic carbocycles. The predicted molar refractivity (Wildman–Crippen MR) is 223 cm³/mol. The SMILES string of the molecule is Cc1c(C)c(S(=O)(=O)NC(N)=NCCC[C@H](NC(=O)[C@@H]2CCN3CC[C@@](C)(Cc4ccccc4)C(=O)N23)C(=O)Nc2ccc([N+](=O)[O-])cc2)c(C)c2c1OC(C)(C)CC2. The molecule has 0 bridgehead atoms. The van der Waals surface area contributed by atoms with Crippen LogP contribution in [0.25, 0.3) is 0 Å². The molecule has 6 rings (SSSR count). The number of aliphatic imine (C=N–C) groups is 1. The number of amides is 3. The molecule has 2 saturated heterocycles. The maximum atomic E-state index is 14.1. The first kappa shape index (κ1) is 43.0. The summed E-state index contributed by atoms with van der Waals surface area (Å²) in [7, 11) is -4.14. The molecule has 3 aromatic carbocycles. The summed E-state index contributed by atoms with van der Waals surface area (Å²) in [6.07, 6.45) is 3.21. The van der Waals surface area contributed by atoms with E-state index in [1.54, 1.807) is 18.9 Å². The van der Waals surface area contributed by atoms with Crippen LogP contribution >= 0.6 is 0 Å². The molecule has 3 amide bonds. The number of guanidine groups is 1. The van der Waals surface area contributed by atoms with Crippen molar-refractivity contribution in [1.82, 2.24) is 20.1 Å². The van der Waals surface area contributed by atoms with Crippen molar-refractivity contribution < 1.29 is 32.5 Å². The molecule has 0 radical (unpaired) electrons. The van der Waals surface area contributed by atoms with Crippen LogP contribution in [0, 0.1) is 36.3 Å². The molecule has 0 spiro atoms. The van der Waals surface area contributed by atoms with Crippen molar-refractivity contribution in [2.75, 3.05) is 25.0 Å². The van der Waals surface area contributed by atoms with Gasteiger partial charge < -0.3 is 21.1 Å². The van der Waals surface area contributed by atoms with Gasteiger partial charge in [-0.15, -0.1) is 0 Å². The highest BCUT2D eigenvalue weighted by atomic mass is 32.2. The van der Waals surface area contributed by atoms with E-state index in [1.165, 1.54) is 24.3 Å². The molecule has 316 valence electrons. The zero-order valence-corrected chi connectivity index (χ0v) is 35.3. The lowest BCUT2D eigenvalue weighted by molar-refractivity contribution is -0.384. The van der Waals surface area contributed by atoms with Gasteiger partial charge in [0.2, 0.25) is 23.7 Å². The number of nitrogens with two attached hydrogens (primary N) is 1. The Bertz CT molecular complexity index is 2270. The molecule has 17 heteroatoms. The number of rotatable bonds is 13. The quantitative estimate of drug-likeness (QED) is 0.0618. The average Bonchev–Trinajstić information content (AvgIpc) is 3.61. The van der Waals surface area contributed by atoms with Crippen molar-refractivity contribution in [3.63, 3.8) is 0 Å². The fourth-order valence-corrected chi connectivity index (χ4v) is 9.82. The molecule has 3 aliphatic heterocycles. The molecule has 2 fully saturated rings. The molecule has 0 aromatic heterocycles. The van der Waals surface area contributed by atoms with Crippen LogP contribution in [0.2, 0.25) is 0 Å². The van der Waals surface area contributed by atoms with Crippen molar-refractivity contribution >= 4 is 45.1 Å². The molecule has 0 unspecified atom stereocenters. The van der Waals surface area contributed by atoms with Crippen molar-refractivity contribution in [2.45, 2.75) is 109 Å². The van der Waals surface area contributed by atoms with Crippen LogP contribution in [0.1, 0.15) is 80.7 Å². The summed E-state index contributed by atoms with van der Waals surface area (Å²) in [4.78, 5) is 56.8. The van der Waals surface area contributed by atoms with Gasteiger partial charge in [0.25, 0.3) is 15.7 Å². The third-order valence-corrected chi connectivity index (χ3v) is 13.4. The Hall–Kier alpha value is -5.55. The fraction of sp³-hybridized carbons (Fsp3) is 0.476. The summed E-state index contributed by atoms with van der Waals surface area (Å²) in [6.45, 7) is 12.4. The zero-order valence-electron chi connectivity index (χ0n) is 34.5. The average molecular weight is 831 g/mol. The summed E-state index contributed by atoms with van der Waals surface area (Å²) < 4.78 is 36.1. The third-order valence-electron chi connectivity index (χ3n) is 11.7. The molecule has 3 heterocycles. The van der Waals surface area contributed by atoms with Gasteiger partial charge in [0.15, 0.2) is 0 Å². The maximum absolute atomic E-state index is 14.1. The van der Waals surface area contributed by atoms with Gasteiger partial charge in [0.05, 0.1) is 15.2 Å².